The van der Waals surface area contributed by atoms with E-state index in [4.69, 9.17) is 16.7 Å². The highest BCUT2D eigenvalue weighted by Gasteiger charge is 2.40. The number of benzene rings is 1. The van der Waals surface area contributed by atoms with E-state index in [1.807, 2.05) is 0 Å². The van der Waals surface area contributed by atoms with Gasteiger partial charge in [0.1, 0.15) is 5.82 Å². The third-order valence-corrected chi connectivity index (χ3v) is 4.80. The maximum Gasteiger partial charge on any atom is 0.317 e. The number of carboxylic acids is 1. The van der Waals surface area contributed by atoms with Crippen molar-refractivity contribution in [1.29, 1.82) is 0 Å². The van der Waals surface area contributed by atoms with Gasteiger partial charge in [-0.2, -0.15) is 0 Å². The Morgan fingerprint density at radius 1 is 1.50 bits per heavy atom. The summed E-state index contributed by atoms with van der Waals surface area (Å²) in [5.41, 5.74) is 0.520. The molecule has 0 aliphatic carbocycles. The highest BCUT2D eigenvalue weighted by atomic mass is 35.5. The first-order chi connectivity index (χ1) is 12.1. The summed E-state index contributed by atoms with van der Waals surface area (Å²) in [7, 11) is 3.06. The molecule has 0 spiro atoms. The monoisotopic (exact) mass is 385 g/mol. The number of carbonyl (C=O) groups excluding carboxylic acids is 2. The van der Waals surface area contributed by atoms with E-state index in [0.29, 0.717) is 5.56 Å². The van der Waals surface area contributed by atoms with Gasteiger partial charge in [-0.1, -0.05) is 24.6 Å². The molecule has 3 atom stereocenters. The van der Waals surface area contributed by atoms with Crippen LogP contribution in [0.3, 0.4) is 0 Å². The number of nitrogens with zero attached hydrogens (tertiary/aromatic N) is 2. The fraction of sp³-hybridized carbons (Fsp3) is 0.471. The minimum absolute atomic E-state index is 0.0243. The lowest BCUT2D eigenvalue weighted by Gasteiger charge is -2.28. The van der Waals surface area contributed by atoms with Gasteiger partial charge in [0.15, 0.2) is 0 Å². The SMILES string of the molecule is CC(CN(C)C(=O)NC1CC(=O)N(C)C1c1ccc(Cl)c(F)c1)C(=O)O. The molecule has 0 saturated carbocycles. The zero-order valence-electron chi connectivity index (χ0n) is 14.7. The standard InChI is InChI=1S/C17H21ClFN3O4/c1-9(16(24)25)8-21(2)17(26)20-13-7-14(23)22(3)15(13)10-4-5-11(18)12(19)6-10/h4-6,9,13,15H,7-8H2,1-3H3,(H,20,26)(H,24,25). The first kappa shape index (κ1) is 20.0. The number of likely N-dealkylation sites (N-methyl/N-ethyl adjacent to an activating group) is 1. The van der Waals surface area contributed by atoms with Crippen LogP contribution in [0.1, 0.15) is 24.9 Å². The summed E-state index contributed by atoms with van der Waals surface area (Å²) in [6.07, 6.45) is 0.0689. The maximum absolute atomic E-state index is 13.8. The van der Waals surface area contributed by atoms with Crippen molar-refractivity contribution in [2.45, 2.75) is 25.4 Å². The van der Waals surface area contributed by atoms with Gasteiger partial charge in [0.25, 0.3) is 0 Å². The zero-order valence-corrected chi connectivity index (χ0v) is 15.5. The molecular formula is C17H21ClFN3O4. The molecule has 26 heavy (non-hydrogen) atoms. The topological polar surface area (TPSA) is 90.0 Å². The molecule has 0 radical (unpaired) electrons. The van der Waals surface area contributed by atoms with Crippen LogP contribution in [0.2, 0.25) is 5.02 Å². The Hall–Kier alpha value is -2.35. The summed E-state index contributed by atoms with van der Waals surface area (Å²) in [6, 6.07) is 2.66. The molecule has 3 unspecified atom stereocenters. The molecule has 3 amide bonds. The summed E-state index contributed by atoms with van der Waals surface area (Å²) in [6.45, 7) is 1.52. The summed E-state index contributed by atoms with van der Waals surface area (Å²) >= 11 is 5.71. The van der Waals surface area contributed by atoms with Gasteiger partial charge in [-0.25, -0.2) is 9.18 Å². The summed E-state index contributed by atoms with van der Waals surface area (Å²) in [5.74, 6) is -2.51. The lowest BCUT2D eigenvalue weighted by Crippen LogP contribution is -2.46. The van der Waals surface area contributed by atoms with Gasteiger partial charge in [0.05, 0.1) is 23.0 Å². The van der Waals surface area contributed by atoms with E-state index in [9.17, 15) is 18.8 Å². The van der Waals surface area contributed by atoms with Crippen molar-refractivity contribution >= 4 is 29.5 Å². The summed E-state index contributed by atoms with van der Waals surface area (Å²) in [4.78, 5) is 38.1. The van der Waals surface area contributed by atoms with E-state index in [1.165, 1.54) is 35.9 Å². The largest absolute Gasteiger partial charge is 0.481 e. The summed E-state index contributed by atoms with van der Waals surface area (Å²) in [5, 5.41) is 11.7. The maximum atomic E-state index is 13.8. The van der Waals surface area contributed by atoms with Gasteiger partial charge in [-0.05, 0) is 17.7 Å². The third kappa shape index (κ3) is 4.24. The van der Waals surface area contributed by atoms with Crippen molar-refractivity contribution < 1.29 is 23.9 Å². The smallest absolute Gasteiger partial charge is 0.317 e. The number of halogens is 2. The molecular weight excluding hydrogens is 365 g/mol. The van der Waals surface area contributed by atoms with Gasteiger partial charge in [0.2, 0.25) is 5.91 Å². The lowest BCUT2D eigenvalue weighted by molar-refractivity contribution is -0.141. The third-order valence-electron chi connectivity index (χ3n) is 4.50. The molecule has 1 saturated heterocycles. The second-order valence-corrected chi connectivity index (χ2v) is 6.91. The molecule has 1 fully saturated rings. The number of rotatable bonds is 5. The van der Waals surface area contributed by atoms with E-state index in [2.05, 4.69) is 5.32 Å². The van der Waals surface area contributed by atoms with Gasteiger partial charge < -0.3 is 20.2 Å². The number of aliphatic carboxylic acids is 1. The zero-order chi connectivity index (χ0) is 19.6. The predicted octanol–water partition coefficient (Wildman–Crippen LogP) is 2.11. The van der Waals surface area contributed by atoms with E-state index < -0.39 is 35.8 Å². The molecule has 1 heterocycles. The first-order valence-electron chi connectivity index (χ1n) is 8.06. The quantitative estimate of drug-likeness (QED) is 0.812. The van der Waals surface area contributed by atoms with Crippen LogP contribution in [0.15, 0.2) is 18.2 Å². The molecule has 0 bridgehead atoms. The van der Waals surface area contributed by atoms with Crippen LogP contribution in [0.4, 0.5) is 9.18 Å². The van der Waals surface area contributed by atoms with Crippen LogP contribution in [0.5, 0.6) is 0 Å². The highest BCUT2D eigenvalue weighted by Crippen LogP contribution is 2.33. The molecule has 1 aliphatic rings. The number of nitrogens with one attached hydrogen (secondary N) is 1. The molecule has 7 nitrogen and oxygen atoms in total. The molecule has 0 aromatic heterocycles. The summed E-state index contributed by atoms with van der Waals surface area (Å²) < 4.78 is 13.8. The Bertz CT molecular complexity index is 730. The van der Waals surface area contributed by atoms with Crippen LogP contribution in [-0.2, 0) is 9.59 Å². The van der Waals surface area contributed by atoms with Crippen LogP contribution < -0.4 is 5.32 Å². The van der Waals surface area contributed by atoms with Crippen molar-refractivity contribution in [3.05, 3.63) is 34.6 Å². The lowest BCUT2D eigenvalue weighted by atomic mass is 10.00. The first-order valence-corrected chi connectivity index (χ1v) is 8.44. The Labute approximate surface area is 155 Å². The van der Waals surface area contributed by atoms with E-state index >= 15 is 0 Å². The van der Waals surface area contributed by atoms with Crippen molar-refractivity contribution in [3.8, 4) is 0 Å². The van der Waals surface area contributed by atoms with Gasteiger partial charge >= 0.3 is 12.0 Å². The molecule has 9 heteroatoms. The van der Waals surface area contributed by atoms with E-state index in [0.717, 1.165) is 0 Å². The Balaban J connectivity index is 2.15. The van der Waals surface area contributed by atoms with Crippen molar-refractivity contribution in [3.63, 3.8) is 0 Å². The number of hydrogen-bond donors (Lipinski definition) is 2. The Morgan fingerprint density at radius 3 is 2.73 bits per heavy atom. The minimum atomic E-state index is -1.00. The van der Waals surface area contributed by atoms with Crippen molar-refractivity contribution in [2.24, 2.45) is 5.92 Å². The van der Waals surface area contributed by atoms with Gasteiger partial charge in [0, 0.05) is 27.1 Å². The van der Waals surface area contributed by atoms with Crippen LogP contribution >= 0.6 is 11.6 Å². The normalized spacial score (nSPS) is 20.8. The van der Waals surface area contributed by atoms with Crippen molar-refractivity contribution in [1.82, 2.24) is 15.1 Å². The molecule has 1 aromatic rings. The number of carbonyl (C=O) groups is 3. The number of carboxylic acid groups (broad SMARTS) is 1. The van der Waals surface area contributed by atoms with Crippen molar-refractivity contribution in [2.75, 3.05) is 20.6 Å². The van der Waals surface area contributed by atoms with E-state index in [-0.39, 0.29) is 23.9 Å². The fourth-order valence-corrected chi connectivity index (χ4v) is 3.11. The van der Waals surface area contributed by atoms with Gasteiger partial charge in [-0.3, -0.25) is 9.59 Å². The average Bonchev–Trinajstić information content (AvgIpc) is 2.84. The Kier molecular flexibility index (Phi) is 6.07. The minimum Gasteiger partial charge on any atom is -0.481 e. The Morgan fingerprint density at radius 2 is 2.15 bits per heavy atom. The van der Waals surface area contributed by atoms with Crippen LogP contribution in [-0.4, -0.2) is 59.5 Å². The second-order valence-electron chi connectivity index (χ2n) is 6.50. The molecule has 1 aromatic carbocycles. The highest BCUT2D eigenvalue weighted by molar-refractivity contribution is 6.30. The van der Waals surface area contributed by atoms with E-state index in [1.54, 1.807) is 13.1 Å². The fourth-order valence-electron chi connectivity index (χ4n) is 2.99. The average molecular weight is 386 g/mol. The molecule has 2 N–H and O–H groups in total. The number of urea groups is 1. The molecule has 142 valence electrons. The molecule has 1 aliphatic heterocycles. The number of hydrogen-bond acceptors (Lipinski definition) is 3. The molecule has 2 rings (SSSR count). The predicted molar refractivity (Wildman–Crippen MR) is 93.3 cm³/mol. The number of amides is 3. The second kappa shape index (κ2) is 7.90. The van der Waals surface area contributed by atoms with Gasteiger partial charge in [-0.15, -0.1) is 0 Å². The number of likely N-dealkylation sites (tertiary alicyclic amines) is 1. The van der Waals surface area contributed by atoms with Crippen LogP contribution in [0, 0.1) is 11.7 Å². The van der Waals surface area contributed by atoms with Crippen LogP contribution in [0.25, 0.3) is 0 Å².